The summed E-state index contributed by atoms with van der Waals surface area (Å²) in [6.45, 7) is 1.70. The molecule has 1 aliphatic carbocycles. The molecule has 1 N–H and O–H groups in total. The molecule has 0 bridgehead atoms. The van der Waals surface area contributed by atoms with E-state index in [1.807, 2.05) is 0 Å². The molecule has 0 saturated heterocycles. The number of alkyl halides is 6. The van der Waals surface area contributed by atoms with Gasteiger partial charge in [0.2, 0.25) is 0 Å². The van der Waals surface area contributed by atoms with Gasteiger partial charge in [0.1, 0.15) is 11.5 Å². The van der Waals surface area contributed by atoms with Gasteiger partial charge in [0, 0.05) is 11.6 Å². The van der Waals surface area contributed by atoms with Crippen molar-refractivity contribution >= 4 is 11.9 Å². The predicted molar refractivity (Wildman–Crippen MR) is 124 cm³/mol. The molecule has 206 valence electrons. The average Bonchev–Trinajstić information content (AvgIpc) is 3.30. The molecule has 3 atom stereocenters. The Hall–Kier alpha value is -3.70. The molecule has 2 aromatic carbocycles. The van der Waals surface area contributed by atoms with Gasteiger partial charge in [-0.3, -0.25) is 9.59 Å². The number of esters is 1. The zero-order valence-electron chi connectivity index (χ0n) is 20.6. The number of benzene rings is 2. The second-order valence-corrected chi connectivity index (χ2v) is 8.46. The molecule has 6 nitrogen and oxygen atoms in total. The van der Waals surface area contributed by atoms with Crippen LogP contribution < -0.4 is 14.8 Å². The zero-order chi connectivity index (χ0) is 28.3. The molecular formula is C26H25F6NO5. The standard InChI is InChI=1S/C26H25F6NO5/c1-4-38-24(35)22(19-13-17(36-2)8-10-21(19)37-3)14-5-7-16(11-14)33-23(34)18-12-15(25(27,28)29)6-9-20(18)26(30,31)32/h5-10,12-14,16,22H,4,11H2,1-3H3,(H,33,34)/t14-,16-,22-/m0/s1. The molecule has 38 heavy (non-hydrogen) atoms. The van der Waals surface area contributed by atoms with Crippen LogP contribution in [-0.2, 0) is 21.9 Å². The minimum absolute atomic E-state index is 0.0654. The van der Waals surface area contributed by atoms with Crippen LogP contribution in [0.15, 0.2) is 48.6 Å². The van der Waals surface area contributed by atoms with Crippen molar-refractivity contribution in [3.8, 4) is 11.5 Å². The maximum Gasteiger partial charge on any atom is 0.417 e. The Labute approximate surface area is 214 Å². The Bertz CT molecular complexity index is 1210. The largest absolute Gasteiger partial charge is 0.497 e. The Kier molecular flexibility index (Phi) is 8.63. The van der Waals surface area contributed by atoms with E-state index in [2.05, 4.69) is 5.32 Å². The van der Waals surface area contributed by atoms with Crippen molar-refractivity contribution in [1.29, 1.82) is 0 Å². The van der Waals surface area contributed by atoms with Crippen molar-refractivity contribution in [2.45, 2.75) is 37.7 Å². The van der Waals surface area contributed by atoms with Gasteiger partial charge in [-0.15, -0.1) is 0 Å². The number of methoxy groups -OCH3 is 2. The highest BCUT2D eigenvalue weighted by Crippen LogP contribution is 2.41. The molecule has 2 aromatic rings. The van der Waals surface area contributed by atoms with E-state index in [0.29, 0.717) is 17.1 Å². The molecule has 12 heteroatoms. The van der Waals surface area contributed by atoms with Crippen molar-refractivity contribution < 1.29 is 50.1 Å². The van der Waals surface area contributed by atoms with Crippen LogP contribution in [0.1, 0.15) is 46.3 Å². The first-order chi connectivity index (χ1) is 17.8. The number of nitrogens with one attached hydrogen (secondary N) is 1. The molecule has 1 aliphatic rings. The molecule has 0 radical (unpaired) electrons. The lowest BCUT2D eigenvalue weighted by Gasteiger charge is -2.24. The van der Waals surface area contributed by atoms with Gasteiger partial charge in [0.05, 0.1) is 43.4 Å². The highest BCUT2D eigenvalue weighted by molar-refractivity contribution is 5.96. The average molecular weight is 545 g/mol. The fourth-order valence-electron chi connectivity index (χ4n) is 4.33. The molecule has 0 spiro atoms. The lowest BCUT2D eigenvalue weighted by Crippen LogP contribution is -2.35. The van der Waals surface area contributed by atoms with Gasteiger partial charge < -0.3 is 19.5 Å². The summed E-state index contributed by atoms with van der Waals surface area (Å²) in [5.74, 6) is -2.63. The number of carbonyl (C=O) groups is 2. The zero-order valence-corrected chi connectivity index (χ0v) is 20.6. The molecule has 0 saturated carbocycles. The van der Waals surface area contributed by atoms with Crippen molar-refractivity contribution in [2.75, 3.05) is 20.8 Å². The summed E-state index contributed by atoms with van der Waals surface area (Å²) >= 11 is 0. The molecule has 0 heterocycles. The number of ether oxygens (including phenoxy) is 3. The SMILES string of the molecule is CCOC(=O)[C@H](c1cc(OC)ccc1OC)[C@H]1C=C[C@H](NC(=O)c2cc(C(F)(F)F)ccc2C(F)(F)F)C1. The van der Waals surface area contributed by atoms with Crippen molar-refractivity contribution in [1.82, 2.24) is 5.32 Å². The maximum absolute atomic E-state index is 13.5. The van der Waals surface area contributed by atoms with Crippen LogP contribution in [0.2, 0.25) is 0 Å². The van der Waals surface area contributed by atoms with Gasteiger partial charge in [-0.2, -0.15) is 26.3 Å². The van der Waals surface area contributed by atoms with Gasteiger partial charge in [-0.25, -0.2) is 0 Å². The van der Waals surface area contributed by atoms with E-state index in [0.717, 1.165) is 0 Å². The summed E-state index contributed by atoms with van der Waals surface area (Å²) in [5, 5.41) is 2.34. The summed E-state index contributed by atoms with van der Waals surface area (Å²) in [4.78, 5) is 25.7. The molecule has 0 aliphatic heterocycles. The molecule has 0 aromatic heterocycles. The maximum atomic E-state index is 13.5. The van der Waals surface area contributed by atoms with E-state index >= 15 is 0 Å². The van der Waals surface area contributed by atoms with Crippen LogP contribution in [0.5, 0.6) is 11.5 Å². The van der Waals surface area contributed by atoms with Crippen molar-refractivity contribution in [2.24, 2.45) is 5.92 Å². The molecular weight excluding hydrogens is 520 g/mol. The van der Waals surface area contributed by atoms with Gasteiger partial charge >= 0.3 is 18.3 Å². The normalized spacial score (nSPS) is 18.1. The second-order valence-electron chi connectivity index (χ2n) is 8.46. The lowest BCUT2D eigenvalue weighted by molar-refractivity contribution is -0.146. The van der Waals surface area contributed by atoms with Gasteiger partial charge in [0.15, 0.2) is 0 Å². The van der Waals surface area contributed by atoms with Gasteiger partial charge in [-0.1, -0.05) is 12.2 Å². The number of halogens is 6. The van der Waals surface area contributed by atoms with Crippen molar-refractivity contribution in [3.05, 3.63) is 70.8 Å². The molecule has 1 amide bonds. The fourth-order valence-corrected chi connectivity index (χ4v) is 4.33. The monoisotopic (exact) mass is 545 g/mol. The number of rotatable bonds is 8. The van der Waals surface area contributed by atoms with E-state index in [9.17, 15) is 35.9 Å². The smallest absolute Gasteiger partial charge is 0.417 e. The third kappa shape index (κ3) is 6.40. The first kappa shape index (κ1) is 28.9. The van der Waals surface area contributed by atoms with E-state index < -0.39 is 58.8 Å². The summed E-state index contributed by atoms with van der Waals surface area (Å²) in [7, 11) is 2.85. The minimum Gasteiger partial charge on any atom is -0.497 e. The number of carbonyl (C=O) groups excluding carboxylic acids is 2. The first-order valence-corrected chi connectivity index (χ1v) is 11.5. The third-order valence-corrected chi connectivity index (χ3v) is 6.07. The Balaban J connectivity index is 1.89. The van der Waals surface area contributed by atoms with Crippen LogP contribution in [0, 0.1) is 5.92 Å². The van der Waals surface area contributed by atoms with Crippen LogP contribution in [0.4, 0.5) is 26.3 Å². The van der Waals surface area contributed by atoms with E-state index in [4.69, 9.17) is 14.2 Å². The number of allylic oxidation sites excluding steroid dienone is 1. The van der Waals surface area contributed by atoms with Gasteiger partial charge in [0.25, 0.3) is 5.91 Å². The summed E-state index contributed by atoms with van der Waals surface area (Å²) in [6, 6.07) is 4.65. The number of hydrogen-bond acceptors (Lipinski definition) is 5. The topological polar surface area (TPSA) is 73.9 Å². The van der Waals surface area contributed by atoms with E-state index in [-0.39, 0.29) is 31.2 Å². The molecule has 0 fully saturated rings. The predicted octanol–water partition coefficient (Wildman–Crippen LogP) is 5.76. The van der Waals surface area contributed by atoms with Gasteiger partial charge in [-0.05, 0) is 55.7 Å². The van der Waals surface area contributed by atoms with Crippen LogP contribution >= 0.6 is 0 Å². The fraction of sp³-hybridized carbons (Fsp3) is 0.385. The number of amides is 1. The first-order valence-electron chi connectivity index (χ1n) is 11.5. The summed E-state index contributed by atoms with van der Waals surface area (Å²) < 4.78 is 95.6. The van der Waals surface area contributed by atoms with Crippen molar-refractivity contribution in [3.63, 3.8) is 0 Å². The highest BCUT2D eigenvalue weighted by atomic mass is 19.4. The molecule has 0 unspecified atom stereocenters. The second kappa shape index (κ2) is 11.4. The quantitative estimate of drug-likeness (QED) is 0.259. The summed E-state index contributed by atoms with van der Waals surface area (Å²) in [6.07, 6.45) is -6.86. The highest BCUT2D eigenvalue weighted by Gasteiger charge is 2.40. The molecule has 3 rings (SSSR count). The van der Waals surface area contributed by atoms with E-state index in [1.54, 1.807) is 31.2 Å². The van der Waals surface area contributed by atoms with Crippen LogP contribution in [0.3, 0.4) is 0 Å². The third-order valence-electron chi connectivity index (χ3n) is 6.07. The number of hydrogen-bond donors (Lipinski definition) is 1. The lowest BCUT2D eigenvalue weighted by atomic mass is 9.84. The van der Waals surface area contributed by atoms with Crippen LogP contribution in [0.25, 0.3) is 0 Å². The Morgan fingerprint density at radius 1 is 0.974 bits per heavy atom. The van der Waals surface area contributed by atoms with E-state index in [1.165, 1.54) is 20.3 Å². The minimum atomic E-state index is -5.05. The van der Waals surface area contributed by atoms with Crippen LogP contribution in [-0.4, -0.2) is 38.7 Å². The Morgan fingerprint density at radius 2 is 1.68 bits per heavy atom. The Morgan fingerprint density at radius 3 is 2.26 bits per heavy atom. The summed E-state index contributed by atoms with van der Waals surface area (Å²) in [5.41, 5.74) is -3.60.